The third kappa shape index (κ3) is 8.54. The summed E-state index contributed by atoms with van der Waals surface area (Å²) in [4.78, 5) is 0. The summed E-state index contributed by atoms with van der Waals surface area (Å²) in [6.45, 7) is 6.19. The van der Waals surface area contributed by atoms with Gasteiger partial charge in [0.2, 0.25) is 0 Å². The highest BCUT2D eigenvalue weighted by Gasteiger charge is 2.04. The van der Waals surface area contributed by atoms with Crippen LogP contribution >= 0.6 is 0 Å². The van der Waals surface area contributed by atoms with Crippen LogP contribution in [0.15, 0.2) is 6.20 Å². The number of anilines is 1. The highest BCUT2D eigenvalue weighted by Crippen LogP contribution is 2.16. The van der Waals surface area contributed by atoms with E-state index in [1.807, 2.05) is 0 Å². The fraction of sp³-hybridized carbons (Fsp3) is 0.786. The molecule has 0 aliphatic carbocycles. The number of unbranched alkanes of at least 4 members (excludes halogenated alkanes) is 1. The summed E-state index contributed by atoms with van der Waals surface area (Å²) < 4.78 is 23.1. The Balaban J connectivity index is 1.84. The molecule has 0 aliphatic rings. The van der Waals surface area contributed by atoms with Crippen molar-refractivity contribution in [2.24, 2.45) is 7.05 Å². The van der Waals surface area contributed by atoms with Gasteiger partial charge in [0.1, 0.15) is 12.3 Å². The third-order valence-corrected chi connectivity index (χ3v) is 2.67. The maximum Gasteiger partial charge on any atom is 0.256 e. The molecule has 1 aromatic heterocycles. The Bertz CT molecular complexity index is 371. The van der Waals surface area contributed by atoms with Crippen LogP contribution in [0.25, 0.3) is 0 Å². The number of nitrogens with two attached hydrogens (primary N) is 1. The van der Waals surface area contributed by atoms with Crippen LogP contribution in [0.1, 0.15) is 19.8 Å². The predicted octanol–water partition coefficient (Wildman–Crippen LogP) is 1.23. The molecule has 0 aliphatic heterocycles. The molecule has 1 heterocycles. The van der Waals surface area contributed by atoms with Gasteiger partial charge in [-0.2, -0.15) is 0 Å². The summed E-state index contributed by atoms with van der Waals surface area (Å²) in [5, 5.41) is 4.07. The zero-order chi connectivity index (χ0) is 15.3. The van der Waals surface area contributed by atoms with Gasteiger partial charge in [-0.05, 0) is 6.42 Å². The van der Waals surface area contributed by atoms with Crippen molar-refractivity contribution in [2.75, 3.05) is 52.0 Å². The number of nitrogens with zero attached hydrogens (tertiary/aromatic N) is 2. The normalized spacial score (nSPS) is 11.0. The first-order valence-corrected chi connectivity index (χ1v) is 7.39. The van der Waals surface area contributed by atoms with E-state index < -0.39 is 0 Å². The predicted molar refractivity (Wildman–Crippen MR) is 80.5 cm³/mol. The van der Waals surface area contributed by atoms with Crippen molar-refractivity contribution in [1.82, 2.24) is 9.78 Å². The van der Waals surface area contributed by atoms with E-state index in [1.54, 1.807) is 17.9 Å². The van der Waals surface area contributed by atoms with Crippen LogP contribution in [0.4, 0.5) is 5.69 Å². The lowest BCUT2D eigenvalue weighted by molar-refractivity contribution is 0.00873. The van der Waals surface area contributed by atoms with E-state index in [4.69, 9.17) is 24.7 Å². The van der Waals surface area contributed by atoms with Gasteiger partial charge in [0, 0.05) is 13.7 Å². The second-order valence-electron chi connectivity index (χ2n) is 4.60. The zero-order valence-electron chi connectivity index (χ0n) is 13.0. The molecule has 7 heteroatoms. The van der Waals surface area contributed by atoms with Crippen molar-refractivity contribution in [1.29, 1.82) is 0 Å². The molecular formula is C14H27N3O4. The summed E-state index contributed by atoms with van der Waals surface area (Å²) >= 11 is 0. The molecule has 0 spiro atoms. The van der Waals surface area contributed by atoms with Crippen LogP contribution in [-0.2, 0) is 21.3 Å². The summed E-state index contributed by atoms with van der Waals surface area (Å²) in [7, 11) is 1.79. The van der Waals surface area contributed by atoms with Crippen LogP contribution < -0.4 is 10.5 Å². The second-order valence-corrected chi connectivity index (χ2v) is 4.60. The quantitative estimate of drug-likeness (QED) is 0.552. The van der Waals surface area contributed by atoms with E-state index in [0.717, 1.165) is 19.4 Å². The maximum atomic E-state index is 5.70. The Labute approximate surface area is 126 Å². The smallest absolute Gasteiger partial charge is 0.256 e. The van der Waals surface area contributed by atoms with Crippen LogP contribution in [0.5, 0.6) is 5.88 Å². The maximum absolute atomic E-state index is 5.70. The molecule has 0 fully saturated rings. The lowest BCUT2D eigenvalue weighted by atomic mass is 10.4. The highest BCUT2D eigenvalue weighted by molar-refractivity contribution is 5.45. The van der Waals surface area contributed by atoms with E-state index in [1.165, 1.54) is 0 Å². The molecule has 1 rings (SSSR count). The number of hydrogen-bond acceptors (Lipinski definition) is 6. The third-order valence-electron chi connectivity index (χ3n) is 2.67. The van der Waals surface area contributed by atoms with Crippen LogP contribution in [0, 0.1) is 0 Å². The fourth-order valence-electron chi connectivity index (χ4n) is 1.58. The lowest BCUT2D eigenvalue weighted by Gasteiger charge is -2.07. The van der Waals surface area contributed by atoms with Gasteiger partial charge < -0.3 is 24.7 Å². The first kappa shape index (κ1) is 17.7. The Hall–Kier alpha value is -1.31. The van der Waals surface area contributed by atoms with E-state index in [0.29, 0.717) is 51.2 Å². The van der Waals surface area contributed by atoms with E-state index in [2.05, 4.69) is 12.0 Å². The van der Waals surface area contributed by atoms with Gasteiger partial charge >= 0.3 is 0 Å². The Morgan fingerprint density at radius 1 is 1.00 bits per heavy atom. The van der Waals surface area contributed by atoms with Crippen molar-refractivity contribution in [2.45, 2.75) is 19.8 Å². The van der Waals surface area contributed by atoms with E-state index >= 15 is 0 Å². The molecule has 1 aromatic rings. The van der Waals surface area contributed by atoms with E-state index in [-0.39, 0.29) is 0 Å². The Morgan fingerprint density at radius 3 is 2.10 bits per heavy atom. The monoisotopic (exact) mass is 301 g/mol. The van der Waals surface area contributed by atoms with Crippen LogP contribution in [0.3, 0.4) is 0 Å². The molecule has 0 bridgehead atoms. The van der Waals surface area contributed by atoms with Crippen LogP contribution in [0.2, 0.25) is 0 Å². The Kier molecular flexibility index (Phi) is 9.60. The number of nitrogen functional groups attached to an aromatic ring is 1. The van der Waals surface area contributed by atoms with Crippen molar-refractivity contribution in [3.05, 3.63) is 6.20 Å². The average molecular weight is 301 g/mol. The SMILES string of the molecule is CCCCOCCOCCOCCOc1nn(C)cc1N. The molecule has 2 N–H and O–H groups in total. The molecule has 0 unspecified atom stereocenters. The Morgan fingerprint density at radius 2 is 1.57 bits per heavy atom. The van der Waals surface area contributed by atoms with Gasteiger partial charge in [0.05, 0.1) is 39.2 Å². The number of ether oxygens (including phenoxy) is 4. The van der Waals surface area contributed by atoms with E-state index in [9.17, 15) is 0 Å². The molecule has 0 aromatic carbocycles. The van der Waals surface area contributed by atoms with Crippen LogP contribution in [-0.4, -0.2) is 56.0 Å². The van der Waals surface area contributed by atoms with Gasteiger partial charge in [-0.1, -0.05) is 13.3 Å². The molecule has 122 valence electrons. The van der Waals surface area contributed by atoms with Gasteiger partial charge in [-0.15, -0.1) is 5.10 Å². The molecule has 0 amide bonds. The largest absolute Gasteiger partial charge is 0.473 e. The molecule has 21 heavy (non-hydrogen) atoms. The molecule has 0 saturated heterocycles. The minimum absolute atomic E-state index is 0.418. The summed E-state index contributed by atoms with van der Waals surface area (Å²) in [5.41, 5.74) is 6.23. The zero-order valence-corrected chi connectivity index (χ0v) is 13.0. The minimum atomic E-state index is 0.418. The first-order valence-electron chi connectivity index (χ1n) is 7.39. The standard InChI is InChI=1S/C14H27N3O4/c1-3-4-5-18-6-7-19-8-9-20-10-11-21-14-13(15)12-17(2)16-14/h12H,3-11,15H2,1-2H3. The molecular weight excluding hydrogens is 274 g/mol. The molecule has 0 atom stereocenters. The molecule has 0 saturated carbocycles. The summed E-state index contributed by atoms with van der Waals surface area (Å²) in [6, 6.07) is 0. The molecule has 0 radical (unpaired) electrons. The molecule has 7 nitrogen and oxygen atoms in total. The van der Waals surface area contributed by atoms with Crippen molar-refractivity contribution >= 4 is 5.69 Å². The van der Waals surface area contributed by atoms with Crippen molar-refractivity contribution < 1.29 is 18.9 Å². The minimum Gasteiger partial charge on any atom is -0.473 e. The number of aryl methyl sites for hydroxylation is 1. The summed E-state index contributed by atoms with van der Waals surface area (Å²) in [6.07, 6.45) is 3.96. The van der Waals surface area contributed by atoms with Gasteiger partial charge in [0.25, 0.3) is 5.88 Å². The topological polar surface area (TPSA) is 80.8 Å². The average Bonchev–Trinajstić information content (AvgIpc) is 2.78. The second kappa shape index (κ2) is 11.4. The van der Waals surface area contributed by atoms with Gasteiger partial charge in [-0.3, -0.25) is 4.68 Å². The number of aromatic nitrogens is 2. The van der Waals surface area contributed by atoms with Crippen molar-refractivity contribution in [3.8, 4) is 5.88 Å². The van der Waals surface area contributed by atoms with Gasteiger partial charge in [-0.25, -0.2) is 0 Å². The number of hydrogen-bond donors (Lipinski definition) is 1. The highest BCUT2D eigenvalue weighted by atomic mass is 16.6. The summed E-state index contributed by atoms with van der Waals surface area (Å²) in [5.74, 6) is 0.446. The van der Waals surface area contributed by atoms with Crippen molar-refractivity contribution in [3.63, 3.8) is 0 Å². The fourth-order valence-corrected chi connectivity index (χ4v) is 1.58. The number of rotatable bonds is 13. The van der Waals surface area contributed by atoms with Gasteiger partial charge in [0.15, 0.2) is 0 Å². The first-order chi connectivity index (χ1) is 10.2. The lowest BCUT2D eigenvalue weighted by Crippen LogP contribution is -2.13.